The number of aryl methyl sites for hydroxylation is 1. The van der Waals surface area contributed by atoms with E-state index in [4.69, 9.17) is 4.52 Å². The van der Waals surface area contributed by atoms with E-state index in [0.29, 0.717) is 23.8 Å². The second kappa shape index (κ2) is 5.14. The highest BCUT2D eigenvalue weighted by Crippen LogP contribution is 2.15. The van der Waals surface area contributed by atoms with Crippen molar-refractivity contribution in [2.45, 2.75) is 46.3 Å². The number of nitrogens with one attached hydrogen (secondary N) is 1. The lowest BCUT2D eigenvalue weighted by Gasteiger charge is -2.39. The Balaban J connectivity index is 1.98. The molecular weight excluding hydrogens is 216 g/mol. The van der Waals surface area contributed by atoms with Crippen LogP contribution in [-0.2, 0) is 6.54 Å². The van der Waals surface area contributed by atoms with Gasteiger partial charge >= 0.3 is 0 Å². The first-order valence-corrected chi connectivity index (χ1v) is 6.33. The zero-order chi connectivity index (χ0) is 12.4. The molecule has 0 radical (unpaired) electrons. The van der Waals surface area contributed by atoms with Gasteiger partial charge in [-0.15, -0.1) is 0 Å². The van der Waals surface area contributed by atoms with E-state index < -0.39 is 0 Å². The molecule has 1 aliphatic heterocycles. The normalized spacial score (nSPS) is 26.6. The van der Waals surface area contributed by atoms with Crippen molar-refractivity contribution in [3.8, 4) is 0 Å². The van der Waals surface area contributed by atoms with Crippen molar-refractivity contribution in [3.05, 3.63) is 11.7 Å². The van der Waals surface area contributed by atoms with E-state index in [-0.39, 0.29) is 0 Å². The molecule has 0 saturated carbocycles. The van der Waals surface area contributed by atoms with Gasteiger partial charge in [-0.3, -0.25) is 4.90 Å². The molecule has 1 saturated heterocycles. The van der Waals surface area contributed by atoms with Crippen LogP contribution in [0, 0.1) is 12.8 Å². The van der Waals surface area contributed by atoms with Crippen molar-refractivity contribution < 1.29 is 4.52 Å². The van der Waals surface area contributed by atoms with Crippen molar-refractivity contribution in [2.75, 3.05) is 13.1 Å². The fourth-order valence-electron chi connectivity index (χ4n) is 2.19. The van der Waals surface area contributed by atoms with Gasteiger partial charge in [-0.1, -0.05) is 19.0 Å². The van der Waals surface area contributed by atoms with E-state index >= 15 is 0 Å². The van der Waals surface area contributed by atoms with E-state index in [1.54, 1.807) is 0 Å². The van der Waals surface area contributed by atoms with Crippen LogP contribution in [-0.4, -0.2) is 40.2 Å². The molecule has 1 aromatic rings. The zero-order valence-corrected chi connectivity index (χ0v) is 11.1. The summed E-state index contributed by atoms with van der Waals surface area (Å²) in [6, 6.07) is 1.06. The van der Waals surface area contributed by atoms with Crippen LogP contribution >= 0.6 is 0 Å². The molecule has 1 aromatic heterocycles. The minimum atomic E-state index is 0.511. The first-order chi connectivity index (χ1) is 8.06. The van der Waals surface area contributed by atoms with Gasteiger partial charge in [0.25, 0.3) is 0 Å². The summed E-state index contributed by atoms with van der Waals surface area (Å²) >= 11 is 0. The first-order valence-electron chi connectivity index (χ1n) is 6.33. The lowest BCUT2D eigenvalue weighted by molar-refractivity contribution is 0.103. The maximum atomic E-state index is 5.19. The summed E-state index contributed by atoms with van der Waals surface area (Å²) in [4.78, 5) is 6.68. The highest BCUT2D eigenvalue weighted by molar-refractivity contribution is 4.89. The third-order valence-electron chi connectivity index (χ3n) is 3.44. The molecule has 0 spiro atoms. The van der Waals surface area contributed by atoms with E-state index in [9.17, 15) is 0 Å². The molecule has 17 heavy (non-hydrogen) atoms. The van der Waals surface area contributed by atoms with Crippen LogP contribution < -0.4 is 5.32 Å². The summed E-state index contributed by atoms with van der Waals surface area (Å²) in [6.45, 7) is 11.4. The summed E-state index contributed by atoms with van der Waals surface area (Å²) < 4.78 is 5.19. The summed E-state index contributed by atoms with van der Waals surface area (Å²) in [7, 11) is 0. The molecule has 1 fully saturated rings. The molecule has 2 rings (SSSR count). The van der Waals surface area contributed by atoms with Gasteiger partial charge in [0.05, 0.1) is 6.54 Å². The summed E-state index contributed by atoms with van der Waals surface area (Å²) in [6.07, 6.45) is 0. The Labute approximate surface area is 103 Å². The quantitative estimate of drug-likeness (QED) is 0.857. The predicted molar refractivity (Wildman–Crippen MR) is 65.5 cm³/mol. The molecular formula is C12H22N4O. The number of aromatic nitrogens is 2. The maximum Gasteiger partial charge on any atom is 0.240 e. The molecule has 0 aliphatic carbocycles. The zero-order valence-electron chi connectivity index (χ0n) is 11.1. The van der Waals surface area contributed by atoms with Crippen LogP contribution in [0.25, 0.3) is 0 Å². The SMILES string of the molecule is Cc1noc(CN2CC(C(C)C)NCC2C)n1. The summed E-state index contributed by atoms with van der Waals surface area (Å²) in [5.41, 5.74) is 0. The lowest BCUT2D eigenvalue weighted by Crippen LogP contribution is -2.56. The highest BCUT2D eigenvalue weighted by Gasteiger charge is 2.27. The molecule has 96 valence electrons. The van der Waals surface area contributed by atoms with Crippen LogP contribution in [0.15, 0.2) is 4.52 Å². The van der Waals surface area contributed by atoms with Gasteiger partial charge in [0.15, 0.2) is 5.82 Å². The van der Waals surface area contributed by atoms with Crippen molar-refractivity contribution in [1.29, 1.82) is 0 Å². The number of rotatable bonds is 3. The third kappa shape index (κ3) is 3.04. The van der Waals surface area contributed by atoms with Gasteiger partial charge in [-0.05, 0) is 19.8 Å². The number of hydrogen-bond donors (Lipinski definition) is 1. The fraction of sp³-hybridized carbons (Fsp3) is 0.833. The average Bonchev–Trinajstić information content (AvgIpc) is 2.67. The van der Waals surface area contributed by atoms with Gasteiger partial charge in [0, 0.05) is 25.2 Å². The van der Waals surface area contributed by atoms with Gasteiger partial charge < -0.3 is 9.84 Å². The maximum absolute atomic E-state index is 5.19. The second-order valence-electron chi connectivity index (χ2n) is 5.27. The number of nitrogens with zero attached hydrogens (tertiary/aromatic N) is 3. The Morgan fingerprint density at radius 1 is 1.53 bits per heavy atom. The van der Waals surface area contributed by atoms with Gasteiger partial charge in [0.1, 0.15) is 0 Å². The van der Waals surface area contributed by atoms with E-state index in [0.717, 1.165) is 25.5 Å². The molecule has 5 heteroatoms. The first kappa shape index (κ1) is 12.5. The van der Waals surface area contributed by atoms with Crippen molar-refractivity contribution in [3.63, 3.8) is 0 Å². The second-order valence-corrected chi connectivity index (χ2v) is 5.27. The van der Waals surface area contributed by atoms with E-state index in [1.807, 2.05) is 6.92 Å². The van der Waals surface area contributed by atoms with Gasteiger partial charge in [0.2, 0.25) is 5.89 Å². The molecule has 2 atom stereocenters. The molecule has 1 aliphatic rings. The van der Waals surface area contributed by atoms with Crippen LogP contribution in [0.4, 0.5) is 0 Å². The molecule has 1 N–H and O–H groups in total. The Morgan fingerprint density at radius 2 is 2.29 bits per heavy atom. The van der Waals surface area contributed by atoms with Gasteiger partial charge in [-0.2, -0.15) is 4.98 Å². The summed E-state index contributed by atoms with van der Waals surface area (Å²) in [5.74, 6) is 2.08. The van der Waals surface area contributed by atoms with Crippen LogP contribution in [0.1, 0.15) is 32.5 Å². The van der Waals surface area contributed by atoms with Crippen molar-refractivity contribution in [1.82, 2.24) is 20.4 Å². The molecule has 2 unspecified atom stereocenters. The average molecular weight is 238 g/mol. The van der Waals surface area contributed by atoms with Crippen LogP contribution in [0.3, 0.4) is 0 Å². The standard InChI is InChI=1S/C12H22N4O/c1-8(2)11-6-16(9(3)5-13-11)7-12-14-10(4)15-17-12/h8-9,11,13H,5-7H2,1-4H3. The van der Waals surface area contributed by atoms with E-state index in [1.165, 1.54) is 0 Å². The highest BCUT2D eigenvalue weighted by atomic mass is 16.5. The molecule has 2 heterocycles. The number of piperazine rings is 1. The fourth-order valence-corrected chi connectivity index (χ4v) is 2.19. The Morgan fingerprint density at radius 3 is 2.88 bits per heavy atom. The minimum absolute atomic E-state index is 0.511. The van der Waals surface area contributed by atoms with Crippen molar-refractivity contribution in [2.24, 2.45) is 5.92 Å². The molecule has 0 bridgehead atoms. The molecule has 5 nitrogen and oxygen atoms in total. The molecule has 0 aromatic carbocycles. The van der Waals surface area contributed by atoms with Crippen molar-refractivity contribution >= 4 is 0 Å². The third-order valence-corrected chi connectivity index (χ3v) is 3.44. The smallest absolute Gasteiger partial charge is 0.240 e. The Kier molecular flexibility index (Phi) is 3.79. The Bertz CT molecular complexity index is 363. The summed E-state index contributed by atoms with van der Waals surface area (Å²) in [5, 5.41) is 7.41. The van der Waals surface area contributed by atoms with E-state index in [2.05, 4.69) is 41.1 Å². The minimum Gasteiger partial charge on any atom is -0.338 e. The molecule has 0 amide bonds. The van der Waals surface area contributed by atoms with Gasteiger partial charge in [-0.25, -0.2) is 0 Å². The number of hydrogen-bond acceptors (Lipinski definition) is 5. The Hall–Kier alpha value is -0.940. The van der Waals surface area contributed by atoms with Crippen LogP contribution in [0.5, 0.6) is 0 Å². The lowest BCUT2D eigenvalue weighted by atomic mass is 10.00. The predicted octanol–water partition coefficient (Wildman–Crippen LogP) is 1.20. The topological polar surface area (TPSA) is 54.2 Å². The largest absolute Gasteiger partial charge is 0.338 e. The monoisotopic (exact) mass is 238 g/mol. The van der Waals surface area contributed by atoms with Crippen LogP contribution in [0.2, 0.25) is 0 Å².